The zero-order chi connectivity index (χ0) is 26.6. The first kappa shape index (κ1) is 27.3. The third kappa shape index (κ3) is 9.02. The number of pyridine rings is 1. The summed E-state index contributed by atoms with van der Waals surface area (Å²) in [7, 11) is 3.67. The van der Waals surface area contributed by atoms with Crippen LogP contribution in [0.4, 0.5) is 26.6 Å². The van der Waals surface area contributed by atoms with Crippen molar-refractivity contribution in [3.63, 3.8) is 0 Å². The molecule has 1 atom stereocenters. The van der Waals surface area contributed by atoms with E-state index in [4.69, 9.17) is 4.74 Å². The summed E-state index contributed by atoms with van der Waals surface area (Å²) in [5, 5.41) is 16.5. The fourth-order valence-corrected chi connectivity index (χ4v) is 3.39. The van der Waals surface area contributed by atoms with Crippen molar-refractivity contribution in [2.24, 2.45) is 0 Å². The molecule has 10 nitrogen and oxygen atoms in total. The Labute approximate surface area is 215 Å². The lowest BCUT2D eigenvalue weighted by atomic mass is 10.1. The highest BCUT2D eigenvalue weighted by Gasteiger charge is 2.15. The van der Waals surface area contributed by atoms with Crippen LogP contribution in [0.2, 0.25) is 0 Å². The molecule has 0 radical (unpaired) electrons. The predicted octanol–water partition coefficient (Wildman–Crippen LogP) is 4.23. The summed E-state index contributed by atoms with van der Waals surface area (Å²) in [5.41, 5.74) is 1.11. The van der Waals surface area contributed by atoms with Crippen LogP contribution in [0.15, 0.2) is 54.6 Å². The summed E-state index contributed by atoms with van der Waals surface area (Å²) in [4.78, 5) is 30.3. The maximum atomic E-state index is 13.8. The van der Waals surface area contributed by atoms with Gasteiger partial charge in [-0.15, -0.1) is 10.2 Å². The molecule has 0 bridgehead atoms. The van der Waals surface area contributed by atoms with Gasteiger partial charge >= 0.3 is 6.09 Å². The third-order valence-corrected chi connectivity index (χ3v) is 5.39. The minimum atomic E-state index is -0.694. The number of unbranched alkanes of at least 4 members (excludes halogenated alkanes) is 1. The number of carbonyl (C=O) groups is 2. The van der Waals surface area contributed by atoms with Gasteiger partial charge in [-0.25, -0.2) is 9.78 Å². The number of halogens is 1. The lowest BCUT2D eigenvalue weighted by Crippen LogP contribution is -2.33. The standard InChI is InChI=1S/C26H32FN7O3/c1-18(29-26(36)37-17-19-10-5-4-6-11-19)9-7-8-16-28-24-20(12-13-21(27)30-24)25(35)31-22-14-15-23(33-32-22)34(2)3/h4-6,10-15,18H,7-9,16-17H2,1-3H3,(H,28,30)(H,29,36)(H,31,32,35). The number of rotatable bonds is 12. The Morgan fingerprint density at radius 2 is 1.81 bits per heavy atom. The first-order valence-corrected chi connectivity index (χ1v) is 12.0. The number of amides is 2. The van der Waals surface area contributed by atoms with Crippen LogP contribution in [0, 0.1) is 5.95 Å². The fraction of sp³-hybridized carbons (Fsp3) is 0.346. The van der Waals surface area contributed by atoms with Gasteiger partial charge in [0.1, 0.15) is 12.4 Å². The second-order valence-corrected chi connectivity index (χ2v) is 8.69. The summed E-state index contributed by atoms with van der Waals surface area (Å²) < 4.78 is 19.0. The number of anilines is 3. The molecule has 196 valence electrons. The van der Waals surface area contributed by atoms with Crippen LogP contribution in [0.5, 0.6) is 0 Å². The van der Waals surface area contributed by atoms with Crippen molar-refractivity contribution in [3.05, 3.63) is 71.7 Å². The van der Waals surface area contributed by atoms with Gasteiger partial charge in [-0.2, -0.15) is 4.39 Å². The second-order valence-electron chi connectivity index (χ2n) is 8.69. The molecular weight excluding hydrogens is 477 g/mol. The van der Waals surface area contributed by atoms with E-state index in [1.165, 1.54) is 6.07 Å². The van der Waals surface area contributed by atoms with Crippen LogP contribution in [-0.4, -0.2) is 53.9 Å². The Balaban J connectivity index is 1.42. The minimum Gasteiger partial charge on any atom is -0.445 e. The predicted molar refractivity (Wildman–Crippen MR) is 140 cm³/mol. The number of ether oxygens (including phenoxy) is 1. The van der Waals surface area contributed by atoms with Crippen LogP contribution in [-0.2, 0) is 11.3 Å². The molecule has 37 heavy (non-hydrogen) atoms. The number of alkyl carbamates (subject to hydrolysis) is 1. The molecule has 0 aliphatic heterocycles. The number of carbonyl (C=O) groups excluding carboxylic acids is 2. The van der Waals surface area contributed by atoms with Crippen molar-refractivity contribution in [2.75, 3.05) is 36.2 Å². The lowest BCUT2D eigenvalue weighted by molar-refractivity contribution is 0.102. The lowest BCUT2D eigenvalue weighted by Gasteiger charge is -2.15. The molecule has 0 aliphatic rings. The summed E-state index contributed by atoms with van der Waals surface area (Å²) in [6, 6.07) is 15.3. The topological polar surface area (TPSA) is 121 Å². The van der Waals surface area contributed by atoms with E-state index in [-0.39, 0.29) is 29.8 Å². The van der Waals surface area contributed by atoms with Crippen molar-refractivity contribution < 1.29 is 18.7 Å². The van der Waals surface area contributed by atoms with Gasteiger partial charge < -0.3 is 25.6 Å². The Hall–Kier alpha value is -4.28. The molecular formula is C26H32FN7O3. The molecule has 11 heteroatoms. The van der Waals surface area contributed by atoms with E-state index >= 15 is 0 Å². The molecule has 1 unspecified atom stereocenters. The van der Waals surface area contributed by atoms with Crippen LogP contribution < -0.4 is 20.9 Å². The van der Waals surface area contributed by atoms with Crippen molar-refractivity contribution in [1.29, 1.82) is 0 Å². The van der Waals surface area contributed by atoms with E-state index in [1.54, 1.807) is 17.0 Å². The Morgan fingerprint density at radius 1 is 1.03 bits per heavy atom. The monoisotopic (exact) mass is 509 g/mol. The van der Waals surface area contributed by atoms with E-state index < -0.39 is 17.9 Å². The molecule has 0 spiro atoms. The average Bonchev–Trinajstić information content (AvgIpc) is 2.88. The molecule has 2 amide bonds. The highest BCUT2D eigenvalue weighted by atomic mass is 19.1. The summed E-state index contributed by atoms with van der Waals surface area (Å²) in [6.45, 7) is 2.59. The summed E-state index contributed by atoms with van der Waals surface area (Å²) in [5.74, 6) is -0.104. The maximum absolute atomic E-state index is 13.8. The van der Waals surface area contributed by atoms with Gasteiger partial charge in [0.2, 0.25) is 5.95 Å². The van der Waals surface area contributed by atoms with E-state index in [0.29, 0.717) is 12.4 Å². The summed E-state index contributed by atoms with van der Waals surface area (Å²) in [6.07, 6.45) is 1.78. The number of nitrogens with zero attached hydrogens (tertiary/aromatic N) is 4. The van der Waals surface area contributed by atoms with Crippen molar-refractivity contribution >= 4 is 29.5 Å². The first-order valence-electron chi connectivity index (χ1n) is 12.0. The zero-order valence-electron chi connectivity index (χ0n) is 21.2. The average molecular weight is 510 g/mol. The quantitative estimate of drug-likeness (QED) is 0.245. The van der Waals surface area contributed by atoms with Crippen molar-refractivity contribution in [2.45, 2.75) is 38.8 Å². The Morgan fingerprint density at radius 3 is 2.51 bits per heavy atom. The van der Waals surface area contributed by atoms with Crippen LogP contribution in [0.1, 0.15) is 42.1 Å². The van der Waals surface area contributed by atoms with Gasteiger partial charge in [-0.1, -0.05) is 30.3 Å². The molecule has 3 rings (SSSR count). The van der Waals surface area contributed by atoms with E-state index in [9.17, 15) is 14.0 Å². The van der Waals surface area contributed by atoms with Gasteiger partial charge in [0.05, 0.1) is 5.56 Å². The van der Waals surface area contributed by atoms with Crippen LogP contribution in [0.3, 0.4) is 0 Å². The normalized spacial score (nSPS) is 11.4. The Bertz CT molecular complexity index is 1160. The van der Waals surface area contributed by atoms with Gasteiger partial charge in [0.25, 0.3) is 5.91 Å². The third-order valence-electron chi connectivity index (χ3n) is 5.39. The molecule has 0 saturated carbocycles. The van der Waals surface area contributed by atoms with Crippen molar-refractivity contribution in [1.82, 2.24) is 20.5 Å². The van der Waals surface area contributed by atoms with Gasteiger partial charge in [-0.3, -0.25) is 4.79 Å². The van der Waals surface area contributed by atoms with Crippen LogP contribution >= 0.6 is 0 Å². The maximum Gasteiger partial charge on any atom is 0.407 e. The number of benzene rings is 1. The molecule has 0 fully saturated rings. The minimum absolute atomic E-state index is 0.0723. The number of hydrogen-bond donors (Lipinski definition) is 3. The molecule has 0 aliphatic carbocycles. The number of hydrogen-bond acceptors (Lipinski definition) is 8. The number of aromatic nitrogens is 3. The largest absolute Gasteiger partial charge is 0.445 e. The van der Waals surface area contributed by atoms with Gasteiger partial charge in [0, 0.05) is 26.7 Å². The molecule has 3 aromatic rings. The molecule has 3 N–H and O–H groups in total. The highest BCUT2D eigenvalue weighted by Crippen LogP contribution is 2.16. The van der Waals surface area contributed by atoms with E-state index in [2.05, 4.69) is 31.1 Å². The van der Waals surface area contributed by atoms with E-state index in [0.717, 1.165) is 30.9 Å². The summed E-state index contributed by atoms with van der Waals surface area (Å²) >= 11 is 0. The molecule has 2 heterocycles. The van der Waals surface area contributed by atoms with E-state index in [1.807, 2.05) is 51.4 Å². The smallest absolute Gasteiger partial charge is 0.407 e. The SMILES string of the molecule is CC(CCCCNc1nc(F)ccc1C(=O)Nc1ccc(N(C)C)nn1)NC(=O)OCc1ccccc1. The molecule has 2 aromatic heterocycles. The van der Waals surface area contributed by atoms with Crippen molar-refractivity contribution in [3.8, 4) is 0 Å². The zero-order valence-corrected chi connectivity index (χ0v) is 21.2. The number of nitrogens with one attached hydrogen (secondary N) is 3. The fourth-order valence-electron chi connectivity index (χ4n) is 3.39. The highest BCUT2D eigenvalue weighted by molar-refractivity contribution is 6.07. The molecule has 0 saturated heterocycles. The van der Waals surface area contributed by atoms with Gasteiger partial charge in [0.15, 0.2) is 11.6 Å². The van der Waals surface area contributed by atoms with Crippen LogP contribution in [0.25, 0.3) is 0 Å². The van der Waals surface area contributed by atoms with Gasteiger partial charge in [-0.05, 0) is 56.0 Å². The Kier molecular flexibility index (Phi) is 10.1. The molecule has 1 aromatic carbocycles. The second kappa shape index (κ2) is 13.7. The first-order chi connectivity index (χ1) is 17.8.